The molecule has 6 heteroatoms. The van der Waals surface area contributed by atoms with Crippen molar-refractivity contribution in [3.05, 3.63) is 76.8 Å². The number of carbonyl (C=O) groups is 1. The van der Waals surface area contributed by atoms with Gasteiger partial charge in [0.15, 0.2) is 0 Å². The lowest BCUT2D eigenvalue weighted by atomic mass is 10.2. The molecule has 0 saturated heterocycles. The molecule has 0 aromatic heterocycles. The van der Waals surface area contributed by atoms with Crippen molar-refractivity contribution in [2.45, 2.75) is 9.79 Å². The number of aromatic hydroxyl groups is 1. The van der Waals surface area contributed by atoms with Gasteiger partial charge >= 0.3 is 0 Å². The monoisotopic (exact) mass is 414 g/mol. The van der Waals surface area contributed by atoms with E-state index in [0.717, 1.165) is 14.3 Å². The van der Waals surface area contributed by atoms with Crippen molar-refractivity contribution in [3.8, 4) is 5.75 Å². The average Bonchev–Trinajstić information content (AvgIpc) is 2.57. The van der Waals surface area contributed by atoms with Crippen molar-refractivity contribution >= 4 is 45.0 Å². The molecule has 0 unspecified atom stereocenters. The Balaban J connectivity index is 1.76. The Labute approximate surface area is 158 Å². The summed E-state index contributed by atoms with van der Waals surface area (Å²) >= 11 is 4.81. The van der Waals surface area contributed by atoms with Crippen LogP contribution in [0.2, 0.25) is 0 Å². The van der Waals surface area contributed by atoms with E-state index in [0.29, 0.717) is 16.9 Å². The molecular formula is C19H15BrN2O2S. The lowest BCUT2D eigenvalue weighted by Crippen LogP contribution is -2.12. The van der Waals surface area contributed by atoms with E-state index in [2.05, 4.69) is 21.2 Å². The van der Waals surface area contributed by atoms with Gasteiger partial charge in [-0.1, -0.05) is 39.8 Å². The molecule has 0 bridgehead atoms. The number of carbonyl (C=O) groups excluding carboxylic acids is 1. The Kier molecular flexibility index (Phi) is 5.31. The van der Waals surface area contributed by atoms with Crippen LogP contribution in [0.1, 0.15) is 10.4 Å². The Morgan fingerprint density at radius 1 is 1.04 bits per heavy atom. The van der Waals surface area contributed by atoms with Gasteiger partial charge in [-0.25, -0.2) is 0 Å². The molecular weight excluding hydrogens is 400 g/mol. The largest absolute Gasteiger partial charge is 0.508 e. The molecule has 3 rings (SSSR count). The third kappa shape index (κ3) is 4.55. The number of hydrogen-bond donors (Lipinski definition) is 3. The second-order valence-corrected chi connectivity index (χ2v) is 7.35. The second kappa shape index (κ2) is 7.63. The average molecular weight is 415 g/mol. The lowest BCUT2D eigenvalue weighted by molar-refractivity contribution is 0.102. The van der Waals surface area contributed by atoms with Gasteiger partial charge in [0.2, 0.25) is 0 Å². The predicted molar refractivity (Wildman–Crippen MR) is 105 cm³/mol. The first-order chi connectivity index (χ1) is 12.0. The summed E-state index contributed by atoms with van der Waals surface area (Å²) in [5, 5.41) is 12.4. The zero-order valence-electron chi connectivity index (χ0n) is 13.1. The van der Waals surface area contributed by atoms with E-state index >= 15 is 0 Å². The van der Waals surface area contributed by atoms with Gasteiger partial charge in [-0.15, -0.1) is 0 Å². The maximum atomic E-state index is 12.4. The van der Waals surface area contributed by atoms with Crippen LogP contribution in [0.5, 0.6) is 5.75 Å². The van der Waals surface area contributed by atoms with E-state index in [-0.39, 0.29) is 11.7 Å². The molecule has 3 aromatic rings. The second-order valence-electron chi connectivity index (χ2n) is 5.32. The minimum absolute atomic E-state index is 0.202. The van der Waals surface area contributed by atoms with Crippen LogP contribution in [-0.4, -0.2) is 11.0 Å². The molecule has 0 aliphatic rings. The van der Waals surface area contributed by atoms with Gasteiger partial charge in [-0.3, -0.25) is 4.79 Å². The minimum atomic E-state index is -0.223. The molecule has 0 aliphatic carbocycles. The van der Waals surface area contributed by atoms with Crippen molar-refractivity contribution in [2.75, 3.05) is 11.1 Å². The van der Waals surface area contributed by atoms with E-state index in [1.807, 2.05) is 30.3 Å². The summed E-state index contributed by atoms with van der Waals surface area (Å²) in [6, 6.07) is 19.5. The normalized spacial score (nSPS) is 10.4. The number of amides is 1. The molecule has 0 heterocycles. The molecule has 4 N–H and O–H groups in total. The SMILES string of the molecule is Nc1cc(C(=O)Nc2cccc(Br)c2)ccc1Sc1cccc(O)c1. The number of nitrogens with two attached hydrogens (primary N) is 1. The van der Waals surface area contributed by atoms with Crippen LogP contribution in [0, 0.1) is 0 Å². The van der Waals surface area contributed by atoms with Crippen LogP contribution in [0.25, 0.3) is 0 Å². The highest BCUT2D eigenvalue weighted by molar-refractivity contribution is 9.10. The van der Waals surface area contributed by atoms with E-state index in [1.165, 1.54) is 11.8 Å². The molecule has 0 radical (unpaired) electrons. The van der Waals surface area contributed by atoms with Gasteiger partial charge in [-0.05, 0) is 54.6 Å². The molecule has 3 aromatic carbocycles. The molecule has 4 nitrogen and oxygen atoms in total. The zero-order valence-corrected chi connectivity index (χ0v) is 15.5. The lowest BCUT2D eigenvalue weighted by Gasteiger charge is -2.09. The van der Waals surface area contributed by atoms with Gasteiger partial charge in [0.25, 0.3) is 5.91 Å². The fourth-order valence-corrected chi connectivity index (χ4v) is 3.52. The van der Waals surface area contributed by atoms with Gasteiger partial charge in [0.05, 0.1) is 0 Å². The molecule has 0 atom stereocenters. The summed E-state index contributed by atoms with van der Waals surface area (Å²) in [7, 11) is 0. The first-order valence-corrected chi connectivity index (χ1v) is 9.05. The number of halogens is 1. The van der Waals surface area contributed by atoms with Crippen LogP contribution in [-0.2, 0) is 0 Å². The first-order valence-electron chi connectivity index (χ1n) is 7.44. The molecule has 0 saturated carbocycles. The molecule has 0 aliphatic heterocycles. The van der Waals surface area contributed by atoms with Crippen LogP contribution < -0.4 is 11.1 Å². The zero-order chi connectivity index (χ0) is 17.8. The number of phenolic OH excluding ortho intramolecular Hbond substituents is 1. The highest BCUT2D eigenvalue weighted by atomic mass is 79.9. The van der Waals surface area contributed by atoms with Gasteiger partial charge in [-0.2, -0.15) is 0 Å². The molecule has 25 heavy (non-hydrogen) atoms. The number of anilines is 2. The third-order valence-electron chi connectivity index (χ3n) is 3.40. The topological polar surface area (TPSA) is 75.4 Å². The number of hydrogen-bond acceptors (Lipinski definition) is 4. The van der Waals surface area contributed by atoms with Crippen molar-refractivity contribution in [1.29, 1.82) is 0 Å². The highest BCUT2D eigenvalue weighted by Gasteiger charge is 2.10. The predicted octanol–water partition coefficient (Wildman–Crippen LogP) is 5.14. The quantitative estimate of drug-likeness (QED) is 0.516. The summed E-state index contributed by atoms with van der Waals surface area (Å²) in [5.74, 6) is -0.0210. The molecule has 1 amide bonds. The minimum Gasteiger partial charge on any atom is -0.508 e. The first kappa shape index (κ1) is 17.4. The highest BCUT2D eigenvalue weighted by Crippen LogP contribution is 2.34. The number of benzene rings is 3. The Morgan fingerprint density at radius 3 is 2.56 bits per heavy atom. The summed E-state index contributed by atoms with van der Waals surface area (Å²) in [4.78, 5) is 14.1. The van der Waals surface area contributed by atoms with Gasteiger partial charge in [0, 0.05) is 31.2 Å². The van der Waals surface area contributed by atoms with Crippen molar-refractivity contribution in [3.63, 3.8) is 0 Å². The van der Waals surface area contributed by atoms with Crippen molar-refractivity contribution in [1.82, 2.24) is 0 Å². The van der Waals surface area contributed by atoms with Gasteiger partial charge < -0.3 is 16.2 Å². The fraction of sp³-hybridized carbons (Fsp3) is 0. The van der Waals surface area contributed by atoms with Crippen LogP contribution in [0.3, 0.4) is 0 Å². The maximum Gasteiger partial charge on any atom is 0.255 e. The maximum absolute atomic E-state index is 12.4. The Hall–Kier alpha value is -2.44. The molecule has 0 spiro atoms. The number of nitrogen functional groups attached to an aromatic ring is 1. The van der Waals surface area contributed by atoms with E-state index in [4.69, 9.17) is 5.73 Å². The molecule has 0 fully saturated rings. The van der Waals surface area contributed by atoms with E-state index in [1.54, 1.807) is 36.4 Å². The summed E-state index contributed by atoms with van der Waals surface area (Å²) in [6.45, 7) is 0. The third-order valence-corrected chi connectivity index (χ3v) is 4.97. The Morgan fingerprint density at radius 2 is 1.84 bits per heavy atom. The van der Waals surface area contributed by atoms with Gasteiger partial charge in [0.1, 0.15) is 5.75 Å². The number of phenols is 1. The van der Waals surface area contributed by atoms with Crippen LogP contribution in [0.15, 0.2) is 81.0 Å². The molecule has 126 valence electrons. The van der Waals surface area contributed by atoms with Crippen LogP contribution in [0.4, 0.5) is 11.4 Å². The van der Waals surface area contributed by atoms with Crippen molar-refractivity contribution in [2.24, 2.45) is 0 Å². The fourth-order valence-electron chi connectivity index (χ4n) is 2.23. The summed E-state index contributed by atoms with van der Waals surface area (Å²) in [5.41, 5.74) is 7.79. The smallest absolute Gasteiger partial charge is 0.255 e. The van der Waals surface area contributed by atoms with Crippen molar-refractivity contribution < 1.29 is 9.90 Å². The standard InChI is InChI=1S/C19H15BrN2O2S/c20-13-3-1-4-14(10-13)22-19(24)12-7-8-18(17(21)9-12)25-16-6-2-5-15(23)11-16/h1-11,23H,21H2,(H,22,24). The van der Waals surface area contributed by atoms with E-state index < -0.39 is 0 Å². The van der Waals surface area contributed by atoms with E-state index in [9.17, 15) is 9.90 Å². The number of nitrogens with one attached hydrogen (secondary N) is 1. The number of rotatable bonds is 4. The van der Waals surface area contributed by atoms with Crippen LogP contribution >= 0.6 is 27.7 Å². The Bertz CT molecular complexity index is 931. The summed E-state index contributed by atoms with van der Waals surface area (Å²) < 4.78 is 0.891. The summed E-state index contributed by atoms with van der Waals surface area (Å²) in [6.07, 6.45) is 0.